The monoisotopic (exact) mass is 253 g/mol. The lowest BCUT2D eigenvalue weighted by atomic mass is 10.2. The van der Waals surface area contributed by atoms with Gasteiger partial charge in [-0.2, -0.15) is 4.98 Å². The number of hydrogen-bond donors (Lipinski definition) is 1. The molecule has 0 bridgehead atoms. The largest absolute Gasteiger partial charge is 0.481 e. The van der Waals surface area contributed by atoms with Gasteiger partial charge in [0.25, 0.3) is 0 Å². The minimum absolute atomic E-state index is 0.584. The number of anilines is 1. The average Bonchev–Trinajstić information content (AvgIpc) is 2.32. The Kier molecular flexibility index (Phi) is 6.43. The van der Waals surface area contributed by atoms with Crippen LogP contribution in [-0.2, 0) is 4.74 Å². The molecule has 1 heterocycles. The number of aromatic nitrogens is 2. The van der Waals surface area contributed by atoms with Crippen LogP contribution < -0.4 is 10.1 Å². The molecule has 18 heavy (non-hydrogen) atoms. The van der Waals surface area contributed by atoms with E-state index >= 15 is 0 Å². The number of nitrogens with zero attached hydrogens (tertiary/aromatic N) is 2. The van der Waals surface area contributed by atoms with Crippen molar-refractivity contribution in [2.45, 2.75) is 27.2 Å². The Labute approximate surface area is 109 Å². The van der Waals surface area contributed by atoms with Gasteiger partial charge in [-0.1, -0.05) is 13.8 Å². The van der Waals surface area contributed by atoms with Crippen molar-refractivity contribution in [3.63, 3.8) is 0 Å². The number of methoxy groups -OCH3 is 1. The predicted molar refractivity (Wildman–Crippen MR) is 72.1 cm³/mol. The van der Waals surface area contributed by atoms with Crippen LogP contribution in [-0.4, -0.2) is 36.8 Å². The lowest BCUT2D eigenvalue weighted by molar-refractivity contribution is 0.110. The number of nitrogens with one attached hydrogen (secondary N) is 1. The van der Waals surface area contributed by atoms with E-state index in [0.717, 1.165) is 32.0 Å². The van der Waals surface area contributed by atoms with E-state index in [4.69, 9.17) is 9.47 Å². The number of aryl methyl sites for hydroxylation is 1. The molecule has 0 amide bonds. The van der Waals surface area contributed by atoms with Crippen molar-refractivity contribution < 1.29 is 9.47 Å². The van der Waals surface area contributed by atoms with Crippen LogP contribution in [0.15, 0.2) is 6.07 Å². The fourth-order valence-electron chi connectivity index (χ4n) is 1.45. The topological polar surface area (TPSA) is 56.3 Å². The summed E-state index contributed by atoms with van der Waals surface area (Å²) < 4.78 is 10.6. The lowest BCUT2D eigenvalue weighted by Crippen LogP contribution is -2.10. The second-order valence-corrected chi connectivity index (χ2v) is 4.59. The SMILES string of the molecule is COc1cc(NCCCOCC(C)C)nc(C)n1. The second-order valence-electron chi connectivity index (χ2n) is 4.59. The molecular formula is C13H23N3O2. The van der Waals surface area contributed by atoms with Gasteiger partial charge in [0.05, 0.1) is 7.11 Å². The summed E-state index contributed by atoms with van der Waals surface area (Å²) in [6.07, 6.45) is 0.956. The molecule has 1 aromatic rings. The molecule has 0 fully saturated rings. The Morgan fingerprint density at radius 2 is 2.11 bits per heavy atom. The van der Waals surface area contributed by atoms with Crippen molar-refractivity contribution in [3.8, 4) is 5.88 Å². The zero-order chi connectivity index (χ0) is 13.4. The molecule has 0 saturated heterocycles. The Bertz CT molecular complexity index is 356. The Morgan fingerprint density at radius 1 is 1.33 bits per heavy atom. The summed E-state index contributed by atoms with van der Waals surface area (Å²) in [5.41, 5.74) is 0. The molecule has 0 atom stereocenters. The molecule has 102 valence electrons. The first kappa shape index (κ1) is 14.7. The summed E-state index contributed by atoms with van der Waals surface area (Å²) in [5, 5.41) is 3.24. The molecule has 1 rings (SSSR count). The molecule has 0 unspecified atom stereocenters. The summed E-state index contributed by atoms with van der Waals surface area (Å²) >= 11 is 0. The maximum Gasteiger partial charge on any atom is 0.218 e. The molecule has 0 saturated carbocycles. The quantitative estimate of drug-likeness (QED) is 0.720. The summed E-state index contributed by atoms with van der Waals surface area (Å²) in [4.78, 5) is 8.42. The molecule has 0 radical (unpaired) electrons. The third-order valence-corrected chi connectivity index (χ3v) is 2.25. The van der Waals surface area contributed by atoms with Gasteiger partial charge in [0, 0.05) is 25.8 Å². The van der Waals surface area contributed by atoms with Gasteiger partial charge in [0.1, 0.15) is 11.6 Å². The summed E-state index contributed by atoms with van der Waals surface area (Å²) in [5.74, 6) is 2.67. The van der Waals surface area contributed by atoms with Gasteiger partial charge in [-0.25, -0.2) is 4.98 Å². The predicted octanol–water partition coefficient (Wildman–Crippen LogP) is 2.27. The van der Waals surface area contributed by atoms with E-state index < -0.39 is 0 Å². The summed E-state index contributed by atoms with van der Waals surface area (Å²) in [7, 11) is 1.60. The van der Waals surface area contributed by atoms with Crippen molar-refractivity contribution in [2.24, 2.45) is 5.92 Å². The molecule has 0 aliphatic heterocycles. The first-order valence-electron chi connectivity index (χ1n) is 6.33. The van der Waals surface area contributed by atoms with Crippen LogP contribution in [0.3, 0.4) is 0 Å². The van der Waals surface area contributed by atoms with E-state index in [9.17, 15) is 0 Å². The molecule has 5 heteroatoms. The van der Waals surface area contributed by atoms with Crippen molar-refractivity contribution in [3.05, 3.63) is 11.9 Å². The van der Waals surface area contributed by atoms with Crippen LogP contribution in [0.2, 0.25) is 0 Å². The minimum atomic E-state index is 0.584. The fourth-order valence-corrected chi connectivity index (χ4v) is 1.45. The highest BCUT2D eigenvalue weighted by Crippen LogP contribution is 2.12. The smallest absolute Gasteiger partial charge is 0.218 e. The van der Waals surface area contributed by atoms with Gasteiger partial charge in [0.15, 0.2) is 0 Å². The van der Waals surface area contributed by atoms with Gasteiger partial charge in [-0.05, 0) is 19.3 Å². The van der Waals surface area contributed by atoms with E-state index in [2.05, 4.69) is 29.1 Å². The maximum atomic E-state index is 5.50. The van der Waals surface area contributed by atoms with Crippen molar-refractivity contribution in [1.29, 1.82) is 0 Å². The zero-order valence-corrected chi connectivity index (χ0v) is 11.7. The van der Waals surface area contributed by atoms with Gasteiger partial charge < -0.3 is 14.8 Å². The molecule has 5 nitrogen and oxygen atoms in total. The molecule has 0 spiro atoms. The molecule has 0 aromatic carbocycles. The van der Waals surface area contributed by atoms with E-state index in [-0.39, 0.29) is 0 Å². The summed E-state index contributed by atoms with van der Waals surface area (Å²) in [6, 6.07) is 1.79. The third-order valence-electron chi connectivity index (χ3n) is 2.25. The van der Waals surface area contributed by atoms with Gasteiger partial charge in [-0.3, -0.25) is 0 Å². The highest BCUT2D eigenvalue weighted by Gasteiger charge is 2.01. The standard InChI is InChI=1S/C13H23N3O2/c1-10(2)9-18-7-5-6-14-12-8-13(17-4)16-11(3)15-12/h8,10H,5-7,9H2,1-4H3,(H,14,15,16). The van der Waals surface area contributed by atoms with Crippen molar-refractivity contribution >= 4 is 5.82 Å². The minimum Gasteiger partial charge on any atom is -0.481 e. The normalized spacial score (nSPS) is 10.7. The molecule has 1 N–H and O–H groups in total. The Hall–Kier alpha value is -1.36. The first-order chi connectivity index (χ1) is 8.61. The Balaban J connectivity index is 2.24. The second kappa shape index (κ2) is 7.87. The Morgan fingerprint density at radius 3 is 2.78 bits per heavy atom. The van der Waals surface area contributed by atoms with Gasteiger partial charge in [-0.15, -0.1) is 0 Å². The van der Waals surface area contributed by atoms with Crippen molar-refractivity contribution in [1.82, 2.24) is 9.97 Å². The average molecular weight is 253 g/mol. The number of rotatable bonds is 8. The van der Waals surface area contributed by atoms with Crippen LogP contribution in [0.25, 0.3) is 0 Å². The van der Waals surface area contributed by atoms with Crippen LogP contribution in [0.1, 0.15) is 26.1 Å². The van der Waals surface area contributed by atoms with E-state index in [0.29, 0.717) is 17.6 Å². The van der Waals surface area contributed by atoms with Crippen LogP contribution in [0.5, 0.6) is 5.88 Å². The molecule has 0 aliphatic rings. The highest BCUT2D eigenvalue weighted by molar-refractivity contribution is 5.38. The zero-order valence-electron chi connectivity index (χ0n) is 11.7. The first-order valence-corrected chi connectivity index (χ1v) is 6.33. The fraction of sp³-hybridized carbons (Fsp3) is 0.692. The van der Waals surface area contributed by atoms with Gasteiger partial charge in [0.2, 0.25) is 5.88 Å². The van der Waals surface area contributed by atoms with E-state index in [1.807, 2.05) is 6.92 Å². The van der Waals surface area contributed by atoms with Crippen LogP contribution in [0.4, 0.5) is 5.82 Å². The molecular weight excluding hydrogens is 230 g/mol. The molecule has 0 aliphatic carbocycles. The lowest BCUT2D eigenvalue weighted by Gasteiger charge is -2.09. The summed E-state index contributed by atoms with van der Waals surface area (Å²) in [6.45, 7) is 8.56. The van der Waals surface area contributed by atoms with E-state index in [1.165, 1.54) is 0 Å². The van der Waals surface area contributed by atoms with Crippen LogP contribution >= 0.6 is 0 Å². The number of ether oxygens (including phenoxy) is 2. The molecule has 1 aromatic heterocycles. The van der Waals surface area contributed by atoms with Crippen molar-refractivity contribution in [2.75, 3.05) is 32.2 Å². The van der Waals surface area contributed by atoms with Gasteiger partial charge >= 0.3 is 0 Å². The highest BCUT2D eigenvalue weighted by atomic mass is 16.5. The van der Waals surface area contributed by atoms with Crippen LogP contribution in [0, 0.1) is 12.8 Å². The van der Waals surface area contributed by atoms with E-state index in [1.54, 1.807) is 13.2 Å². The number of hydrogen-bond acceptors (Lipinski definition) is 5. The third kappa shape index (κ3) is 5.82. The maximum absolute atomic E-state index is 5.50.